The molecule has 4 aromatic rings. The molecular formula is C30H32N2O3. The van der Waals surface area contributed by atoms with Crippen LogP contribution >= 0.6 is 0 Å². The Hall–Kier alpha value is -3.86. The van der Waals surface area contributed by atoms with Gasteiger partial charge in [-0.2, -0.15) is 0 Å². The number of hydrogen-bond donors (Lipinski definition) is 0. The SMILES string of the molecule is CCCCCc1ccc(OCc2cc(OCc3ccccc3)c(OCc3ccccc3)nn2)cc1. The molecule has 35 heavy (non-hydrogen) atoms. The molecule has 0 aliphatic rings. The molecule has 0 fully saturated rings. The monoisotopic (exact) mass is 468 g/mol. The van der Waals surface area contributed by atoms with Gasteiger partial charge < -0.3 is 14.2 Å². The number of ether oxygens (including phenoxy) is 3. The first-order valence-electron chi connectivity index (χ1n) is 12.2. The smallest absolute Gasteiger partial charge is 0.276 e. The minimum atomic E-state index is 0.294. The summed E-state index contributed by atoms with van der Waals surface area (Å²) in [6, 6.07) is 30.1. The van der Waals surface area contributed by atoms with E-state index in [-0.39, 0.29) is 0 Å². The van der Waals surface area contributed by atoms with Gasteiger partial charge in [-0.1, -0.05) is 92.6 Å². The molecule has 5 nitrogen and oxygen atoms in total. The maximum atomic E-state index is 6.08. The van der Waals surface area contributed by atoms with Crippen molar-refractivity contribution in [2.24, 2.45) is 0 Å². The fourth-order valence-corrected chi connectivity index (χ4v) is 3.62. The third kappa shape index (κ3) is 7.85. The van der Waals surface area contributed by atoms with Crippen molar-refractivity contribution in [3.05, 3.63) is 113 Å². The first-order chi connectivity index (χ1) is 17.3. The maximum Gasteiger partial charge on any atom is 0.276 e. The zero-order valence-corrected chi connectivity index (χ0v) is 20.2. The summed E-state index contributed by atoms with van der Waals surface area (Å²) in [6.07, 6.45) is 4.81. The first-order valence-corrected chi connectivity index (χ1v) is 12.2. The second-order valence-corrected chi connectivity index (χ2v) is 8.44. The largest absolute Gasteiger partial charge is 0.487 e. The van der Waals surface area contributed by atoms with Crippen LogP contribution in [0, 0.1) is 0 Å². The standard InChI is InChI=1S/C30H32N2O3/c1-2-3-6-11-24-16-18-28(19-17-24)33-23-27-20-29(34-21-25-12-7-4-8-13-25)30(32-31-27)35-22-26-14-9-5-10-15-26/h4-5,7-10,12-20H,2-3,6,11,21-23H2,1H3. The number of rotatable bonds is 13. The van der Waals surface area contributed by atoms with E-state index in [1.807, 2.05) is 78.9 Å². The summed E-state index contributed by atoms with van der Waals surface area (Å²) in [4.78, 5) is 0. The van der Waals surface area contributed by atoms with E-state index in [0.717, 1.165) is 23.3 Å². The maximum absolute atomic E-state index is 6.08. The van der Waals surface area contributed by atoms with Crippen molar-refractivity contribution in [3.8, 4) is 17.4 Å². The van der Waals surface area contributed by atoms with Crippen LogP contribution in [0.1, 0.15) is 48.6 Å². The Kier molecular flexibility index (Phi) is 9.11. The van der Waals surface area contributed by atoms with Gasteiger partial charge in [0, 0.05) is 6.07 Å². The van der Waals surface area contributed by atoms with E-state index in [1.54, 1.807) is 0 Å². The lowest BCUT2D eigenvalue weighted by atomic mass is 10.1. The molecule has 0 atom stereocenters. The van der Waals surface area contributed by atoms with Gasteiger partial charge in [0.05, 0.1) is 0 Å². The molecule has 0 aliphatic heterocycles. The average molecular weight is 469 g/mol. The van der Waals surface area contributed by atoms with Crippen molar-refractivity contribution in [2.75, 3.05) is 0 Å². The lowest BCUT2D eigenvalue weighted by Gasteiger charge is -2.13. The topological polar surface area (TPSA) is 53.5 Å². The van der Waals surface area contributed by atoms with E-state index in [1.165, 1.54) is 24.8 Å². The normalized spacial score (nSPS) is 10.7. The van der Waals surface area contributed by atoms with Gasteiger partial charge >= 0.3 is 0 Å². The van der Waals surface area contributed by atoms with Crippen LogP contribution in [0.15, 0.2) is 91.0 Å². The molecular weight excluding hydrogens is 436 g/mol. The molecule has 0 bridgehead atoms. The van der Waals surface area contributed by atoms with Crippen LogP contribution in [0.4, 0.5) is 0 Å². The number of nitrogens with zero attached hydrogens (tertiary/aromatic N) is 2. The highest BCUT2D eigenvalue weighted by atomic mass is 16.5. The number of aromatic nitrogens is 2. The summed E-state index contributed by atoms with van der Waals surface area (Å²) >= 11 is 0. The molecule has 1 aromatic heterocycles. The molecule has 0 N–H and O–H groups in total. The highest BCUT2D eigenvalue weighted by Gasteiger charge is 2.12. The minimum absolute atomic E-state index is 0.294. The van der Waals surface area contributed by atoms with Crippen LogP contribution in [0.25, 0.3) is 0 Å². The third-order valence-electron chi connectivity index (χ3n) is 5.61. The van der Waals surface area contributed by atoms with E-state index >= 15 is 0 Å². The van der Waals surface area contributed by atoms with E-state index in [9.17, 15) is 0 Å². The molecule has 4 rings (SSSR count). The Balaban J connectivity index is 1.41. The molecule has 0 saturated heterocycles. The van der Waals surface area contributed by atoms with Crippen LogP contribution in [-0.4, -0.2) is 10.2 Å². The van der Waals surface area contributed by atoms with Crippen molar-refractivity contribution < 1.29 is 14.2 Å². The van der Waals surface area contributed by atoms with Crippen LogP contribution in [0.2, 0.25) is 0 Å². The van der Waals surface area contributed by atoms with Gasteiger partial charge in [-0.05, 0) is 41.7 Å². The minimum Gasteiger partial charge on any atom is -0.487 e. The number of benzene rings is 3. The molecule has 3 aromatic carbocycles. The van der Waals surface area contributed by atoms with Crippen LogP contribution < -0.4 is 14.2 Å². The van der Waals surface area contributed by atoms with E-state index < -0.39 is 0 Å². The van der Waals surface area contributed by atoms with Crippen LogP contribution in [-0.2, 0) is 26.2 Å². The molecule has 0 unspecified atom stereocenters. The predicted octanol–water partition coefficient (Wildman–Crippen LogP) is 6.95. The molecule has 5 heteroatoms. The zero-order valence-electron chi connectivity index (χ0n) is 20.2. The summed E-state index contributed by atoms with van der Waals surface area (Å²) in [5, 5.41) is 8.61. The summed E-state index contributed by atoms with van der Waals surface area (Å²) in [7, 11) is 0. The molecule has 0 saturated carbocycles. The zero-order chi connectivity index (χ0) is 24.1. The highest BCUT2D eigenvalue weighted by molar-refractivity contribution is 5.35. The number of aryl methyl sites for hydroxylation is 1. The van der Waals surface area contributed by atoms with E-state index in [2.05, 4.69) is 29.3 Å². The molecule has 1 heterocycles. The lowest BCUT2D eigenvalue weighted by Crippen LogP contribution is -2.06. The van der Waals surface area contributed by atoms with Crippen molar-refractivity contribution in [2.45, 2.75) is 52.4 Å². The van der Waals surface area contributed by atoms with Gasteiger partial charge in [-0.15, -0.1) is 10.2 Å². The van der Waals surface area contributed by atoms with Gasteiger partial charge in [-0.25, -0.2) is 0 Å². The van der Waals surface area contributed by atoms with Crippen molar-refractivity contribution in [1.82, 2.24) is 10.2 Å². The summed E-state index contributed by atoms with van der Waals surface area (Å²) < 4.78 is 18.0. The van der Waals surface area contributed by atoms with Crippen molar-refractivity contribution in [1.29, 1.82) is 0 Å². The number of hydrogen-bond acceptors (Lipinski definition) is 5. The van der Waals surface area contributed by atoms with Gasteiger partial charge in [-0.3, -0.25) is 0 Å². The Morgan fingerprint density at radius 3 is 1.91 bits per heavy atom. The third-order valence-corrected chi connectivity index (χ3v) is 5.61. The molecule has 0 amide bonds. The Morgan fingerprint density at radius 2 is 1.26 bits per heavy atom. The Bertz CT molecular complexity index is 1150. The molecule has 0 spiro atoms. The summed E-state index contributed by atoms with van der Waals surface area (Å²) in [5.74, 6) is 1.72. The van der Waals surface area contributed by atoms with Crippen molar-refractivity contribution in [3.63, 3.8) is 0 Å². The number of unbranched alkanes of at least 4 members (excludes halogenated alkanes) is 2. The fourth-order valence-electron chi connectivity index (χ4n) is 3.62. The first kappa shape index (κ1) is 24.3. The second kappa shape index (κ2) is 13.1. The van der Waals surface area contributed by atoms with Gasteiger partial charge in [0.15, 0.2) is 5.75 Å². The summed E-state index contributed by atoms with van der Waals surface area (Å²) in [5.41, 5.74) is 4.12. The van der Waals surface area contributed by atoms with Gasteiger partial charge in [0.25, 0.3) is 5.88 Å². The van der Waals surface area contributed by atoms with Crippen LogP contribution in [0.3, 0.4) is 0 Å². The quantitative estimate of drug-likeness (QED) is 0.199. The predicted molar refractivity (Wildman–Crippen MR) is 138 cm³/mol. The Labute approximate surface area is 207 Å². The Morgan fingerprint density at radius 1 is 0.600 bits per heavy atom. The van der Waals surface area contributed by atoms with E-state index in [4.69, 9.17) is 14.2 Å². The lowest BCUT2D eigenvalue weighted by molar-refractivity contribution is 0.240. The van der Waals surface area contributed by atoms with Crippen molar-refractivity contribution >= 4 is 0 Å². The molecule has 0 aliphatic carbocycles. The van der Waals surface area contributed by atoms with Gasteiger partial charge in [0.1, 0.15) is 31.3 Å². The summed E-state index contributed by atoms with van der Waals surface area (Å²) in [6.45, 7) is 3.31. The van der Waals surface area contributed by atoms with Crippen LogP contribution in [0.5, 0.6) is 17.4 Å². The average Bonchev–Trinajstić information content (AvgIpc) is 2.92. The molecule has 0 radical (unpaired) electrons. The second-order valence-electron chi connectivity index (χ2n) is 8.44. The fraction of sp³-hybridized carbons (Fsp3) is 0.267. The molecule has 180 valence electrons. The van der Waals surface area contributed by atoms with Gasteiger partial charge in [0.2, 0.25) is 0 Å². The highest BCUT2D eigenvalue weighted by Crippen LogP contribution is 2.27. The van der Waals surface area contributed by atoms with E-state index in [0.29, 0.717) is 37.1 Å².